The molecule has 0 atom stereocenters. The number of nitrogens with zero attached hydrogens (tertiary/aromatic N) is 3. The minimum Gasteiger partial charge on any atom is -0.369 e. The second-order valence-electron chi connectivity index (χ2n) is 6.09. The van der Waals surface area contributed by atoms with Crippen LogP contribution in [0.5, 0.6) is 0 Å². The Morgan fingerprint density at radius 3 is 2.29 bits per heavy atom. The predicted octanol–water partition coefficient (Wildman–Crippen LogP) is 2.04. The molecule has 120 valence electrons. The highest BCUT2D eigenvalue weighted by atomic mass is 35.5. The normalized spacial score (nSPS) is 12.8. The molecule has 0 fully saturated rings. The molecular weight excluding hydrogens is 312 g/mol. The average molecular weight is 335 g/mol. The lowest BCUT2D eigenvalue weighted by molar-refractivity contribution is 0.521. The first-order valence-corrected chi connectivity index (χ1v) is 8.62. The van der Waals surface area contributed by atoms with Gasteiger partial charge in [0.2, 0.25) is 10.0 Å². The monoisotopic (exact) mass is 334 g/mol. The molecule has 0 saturated heterocycles. The molecule has 1 rings (SSSR count). The quantitative estimate of drug-likeness (QED) is 0.834. The van der Waals surface area contributed by atoms with Crippen LogP contribution in [0.4, 0.5) is 5.82 Å². The van der Waals surface area contributed by atoms with Crippen molar-refractivity contribution in [2.45, 2.75) is 33.1 Å². The number of hydrogen-bond donors (Lipinski definition) is 1. The molecule has 8 heteroatoms. The second-order valence-corrected chi connectivity index (χ2v) is 8.75. The molecule has 21 heavy (non-hydrogen) atoms. The van der Waals surface area contributed by atoms with Gasteiger partial charge in [0.1, 0.15) is 16.8 Å². The van der Waals surface area contributed by atoms with Crippen LogP contribution in [0.1, 0.15) is 32.2 Å². The van der Waals surface area contributed by atoms with Gasteiger partial charge in [-0.1, -0.05) is 32.4 Å². The van der Waals surface area contributed by atoms with Crippen LogP contribution in [0.15, 0.2) is 0 Å². The molecule has 0 aliphatic rings. The zero-order valence-corrected chi connectivity index (χ0v) is 14.9. The summed E-state index contributed by atoms with van der Waals surface area (Å²) in [6.45, 7) is 8.05. The van der Waals surface area contributed by atoms with Gasteiger partial charge in [0.25, 0.3) is 0 Å². The van der Waals surface area contributed by atoms with Gasteiger partial charge in [-0.25, -0.2) is 22.7 Å². The lowest BCUT2D eigenvalue weighted by Crippen LogP contribution is -2.29. The summed E-state index contributed by atoms with van der Waals surface area (Å²) in [7, 11) is -0.208. The molecule has 0 amide bonds. The molecule has 0 radical (unpaired) electrons. The number of aromatic nitrogens is 2. The van der Waals surface area contributed by atoms with E-state index in [1.54, 1.807) is 6.92 Å². The summed E-state index contributed by atoms with van der Waals surface area (Å²) in [5, 5.41) is 3.42. The number of rotatable bonds is 5. The highest BCUT2D eigenvalue weighted by Gasteiger charge is 2.21. The fourth-order valence-corrected chi connectivity index (χ4v) is 2.37. The minimum atomic E-state index is -3.24. The highest BCUT2D eigenvalue weighted by molar-refractivity contribution is 7.89. The Balaban J connectivity index is 2.92. The van der Waals surface area contributed by atoms with Gasteiger partial charge < -0.3 is 5.32 Å². The molecule has 1 heterocycles. The number of nitrogens with one attached hydrogen (secondary N) is 1. The van der Waals surface area contributed by atoms with Crippen molar-refractivity contribution in [1.82, 2.24) is 14.3 Å². The van der Waals surface area contributed by atoms with E-state index in [1.807, 2.05) is 20.8 Å². The summed E-state index contributed by atoms with van der Waals surface area (Å²) in [6, 6.07) is 0. The van der Waals surface area contributed by atoms with E-state index in [2.05, 4.69) is 15.3 Å². The van der Waals surface area contributed by atoms with Gasteiger partial charge in [-0.3, -0.25) is 0 Å². The van der Waals surface area contributed by atoms with E-state index in [0.29, 0.717) is 22.4 Å². The molecule has 0 saturated carbocycles. The molecule has 0 unspecified atom stereocenters. The zero-order valence-electron chi connectivity index (χ0n) is 13.4. The fourth-order valence-electron chi connectivity index (χ4n) is 1.48. The first kappa shape index (κ1) is 18.1. The first-order valence-electron chi connectivity index (χ1n) is 6.64. The van der Waals surface area contributed by atoms with Gasteiger partial charge in [0, 0.05) is 31.6 Å². The largest absolute Gasteiger partial charge is 0.369 e. The summed E-state index contributed by atoms with van der Waals surface area (Å²) >= 11 is 6.13. The minimum absolute atomic E-state index is 0.00802. The van der Waals surface area contributed by atoms with Crippen LogP contribution in [-0.2, 0) is 15.4 Å². The third-order valence-electron chi connectivity index (χ3n) is 2.97. The lowest BCUT2D eigenvalue weighted by atomic mass is 9.95. The van der Waals surface area contributed by atoms with E-state index in [0.717, 1.165) is 0 Å². The van der Waals surface area contributed by atoms with Crippen LogP contribution in [0.2, 0.25) is 5.15 Å². The Morgan fingerprint density at radius 2 is 1.81 bits per heavy atom. The topological polar surface area (TPSA) is 75.2 Å². The number of hydrogen-bond acceptors (Lipinski definition) is 5. The Kier molecular flexibility index (Phi) is 5.57. The Bertz CT molecular complexity index is 609. The Morgan fingerprint density at radius 1 is 1.24 bits per heavy atom. The van der Waals surface area contributed by atoms with E-state index in [-0.39, 0.29) is 17.7 Å². The molecule has 0 aromatic carbocycles. The summed E-state index contributed by atoms with van der Waals surface area (Å²) in [5.74, 6) is 1.19. The van der Waals surface area contributed by atoms with Crippen molar-refractivity contribution >= 4 is 27.4 Å². The van der Waals surface area contributed by atoms with Gasteiger partial charge in [0.15, 0.2) is 0 Å². The molecule has 1 N–H and O–H groups in total. The predicted molar refractivity (Wildman–Crippen MR) is 86.4 cm³/mol. The number of sulfonamides is 1. The summed E-state index contributed by atoms with van der Waals surface area (Å²) in [5.41, 5.74) is 0.482. The highest BCUT2D eigenvalue weighted by Crippen LogP contribution is 2.25. The van der Waals surface area contributed by atoms with E-state index < -0.39 is 10.0 Å². The van der Waals surface area contributed by atoms with Crippen LogP contribution in [-0.4, -0.2) is 49.1 Å². The van der Waals surface area contributed by atoms with Crippen LogP contribution >= 0.6 is 11.6 Å². The zero-order chi connectivity index (χ0) is 16.4. The van der Waals surface area contributed by atoms with Gasteiger partial charge in [-0.15, -0.1) is 0 Å². The third kappa shape index (κ3) is 4.79. The molecule has 1 aromatic rings. The van der Waals surface area contributed by atoms with Crippen LogP contribution in [0.25, 0.3) is 0 Å². The third-order valence-corrected chi connectivity index (χ3v) is 5.17. The van der Waals surface area contributed by atoms with Crippen molar-refractivity contribution in [3.8, 4) is 0 Å². The first-order chi connectivity index (χ1) is 9.45. The van der Waals surface area contributed by atoms with Crippen LogP contribution in [0, 0.1) is 6.92 Å². The maximum Gasteiger partial charge on any atom is 0.215 e. The Labute approximate surface area is 132 Å². The van der Waals surface area contributed by atoms with E-state index in [1.165, 1.54) is 18.4 Å². The summed E-state index contributed by atoms with van der Waals surface area (Å²) < 4.78 is 24.7. The summed E-state index contributed by atoms with van der Waals surface area (Å²) in [6.07, 6.45) is 0. The van der Waals surface area contributed by atoms with E-state index >= 15 is 0 Å². The van der Waals surface area contributed by atoms with Gasteiger partial charge >= 0.3 is 0 Å². The molecule has 6 nitrogen and oxygen atoms in total. The molecule has 0 aliphatic heterocycles. The fraction of sp³-hybridized carbons (Fsp3) is 0.692. The van der Waals surface area contributed by atoms with Crippen molar-refractivity contribution in [3.63, 3.8) is 0 Å². The average Bonchev–Trinajstić information content (AvgIpc) is 2.32. The van der Waals surface area contributed by atoms with Gasteiger partial charge in [-0.2, -0.15) is 0 Å². The molecular formula is C13H23ClN4O2S. The van der Waals surface area contributed by atoms with Crippen LogP contribution < -0.4 is 5.32 Å². The molecule has 0 spiro atoms. The molecule has 0 bridgehead atoms. The van der Waals surface area contributed by atoms with E-state index in [4.69, 9.17) is 11.6 Å². The smallest absolute Gasteiger partial charge is 0.215 e. The van der Waals surface area contributed by atoms with Crippen molar-refractivity contribution in [3.05, 3.63) is 16.5 Å². The number of halogens is 1. The van der Waals surface area contributed by atoms with Crippen LogP contribution in [0.3, 0.4) is 0 Å². The van der Waals surface area contributed by atoms with Crippen molar-refractivity contribution in [1.29, 1.82) is 0 Å². The van der Waals surface area contributed by atoms with Gasteiger partial charge in [-0.05, 0) is 6.92 Å². The van der Waals surface area contributed by atoms with Crippen molar-refractivity contribution < 1.29 is 8.42 Å². The standard InChI is InChI=1S/C13H23ClN4O2S/c1-9-10(14)16-12(13(2,3)4)17-11(9)15-7-8-21(19,20)18(5)6/h7-8H2,1-6H3,(H,15,16,17). The maximum absolute atomic E-state index is 11.7. The summed E-state index contributed by atoms with van der Waals surface area (Å²) in [4.78, 5) is 8.73. The Hall–Kier alpha value is -0.920. The van der Waals surface area contributed by atoms with E-state index in [9.17, 15) is 8.42 Å². The maximum atomic E-state index is 11.7. The molecule has 1 aromatic heterocycles. The van der Waals surface area contributed by atoms with Gasteiger partial charge in [0.05, 0.1) is 5.75 Å². The van der Waals surface area contributed by atoms with Crippen molar-refractivity contribution in [2.24, 2.45) is 0 Å². The number of anilines is 1. The van der Waals surface area contributed by atoms with Crippen molar-refractivity contribution in [2.75, 3.05) is 31.7 Å². The molecule has 0 aliphatic carbocycles. The second kappa shape index (κ2) is 6.46. The lowest BCUT2D eigenvalue weighted by Gasteiger charge is -2.19. The SMILES string of the molecule is Cc1c(Cl)nc(C(C)(C)C)nc1NCCS(=O)(=O)N(C)C.